The van der Waals surface area contributed by atoms with Crippen molar-refractivity contribution in [2.75, 3.05) is 25.0 Å². The van der Waals surface area contributed by atoms with Crippen molar-refractivity contribution >= 4 is 17.6 Å². The predicted octanol–water partition coefficient (Wildman–Crippen LogP) is 2.15. The molecular formula is C17H25N3O3. The summed E-state index contributed by atoms with van der Waals surface area (Å²) in [5, 5.41) is 12.2. The maximum atomic E-state index is 12.5. The summed E-state index contributed by atoms with van der Waals surface area (Å²) in [5.41, 5.74) is 1.54. The molecule has 23 heavy (non-hydrogen) atoms. The van der Waals surface area contributed by atoms with Gasteiger partial charge in [0.15, 0.2) is 0 Å². The number of carboxylic acids is 1. The number of pyridine rings is 1. The molecule has 1 aliphatic rings. The third kappa shape index (κ3) is 5.03. The standard InChI is InChI=1S/C17H25N3O3/c1-3-4-7-20-10-13(8-14(11-20)17(22)23)16(21)19-15-6-5-12(2)18-9-15/h5-6,9,13-14H,3-4,7-8,10-11H2,1-2H3,(H,19,21)(H,22,23)/t13-,14-/m0/s1. The second kappa shape index (κ2) is 8.06. The molecule has 0 radical (unpaired) electrons. The van der Waals surface area contributed by atoms with Crippen LogP contribution in [-0.2, 0) is 9.59 Å². The molecule has 126 valence electrons. The number of carbonyl (C=O) groups excluding carboxylic acids is 1. The molecule has 0 aromatic carbocycles. The summed E-state index contributed by atoms with van der Waals surface area (Å²) in [4.78, 5) is 30.1. The van der Waals surface area contributed by atoms with Crippen LogP contribution < -0.4 is 5.32 Å². The van der Waals surface area contributed by atoms with E-state index < -0.39 is 11.9 Å². The summed E-state index contributed by atoms with van der Waals surface area (Å²) in [6.07, 6.45) is 4.09. The van der Waals surface area contributed by atoms with Crippen LogP contribution in [0.25, 0.3) is 0 Å². The first-order chi connectivity index (χ1) is 11.0. The lowest BCUT2D eigenvalue weighted by Gasteiger charge is -2.35. The highest BCUT2D eigenvalue weighted by Gasteiger charge is 2.34. The average molecular weight is 319 g/mol. The normalized spacial score (nSPS) is 21.8. The molecule has 0 aliphatic carbocycles. The Hall–Kier alpha value is -1.95. The largest absolute Gasteiger partial charge is 0.481 e. The van der Waals surface area contributed by atoms with E-state index in [1.807, 2.05) is 19.1 Å². The van der Waals surface area contributed by atoms with Crippen molar-refractivity contribution in [3.05, 3.63) is 24.0 Å². The number of unbranched alkanes of at least 4 members (excludes halogenated alkanes) is 1. The number of rotatable bonds is 6. The first-order valence-corrected chi connectivity index (χ1v) is 8.18. The van der Waals surface area contributed by atoms with E-state index in [9.17, 15) is 14.7 Å². The van der Waals surface area contributed by atoms with Crippen LogP contribution in [0.1, 0.15) is 31.9 Å². The fourth-order valence-electron chi connectivity index (χ4n) is 2.91. The summed E-state index contributed by atoms with van der Waals surface area (Å²) >= 11 is 0. The summed E-state index contributed by atoms with van der Waals surface area (Å²) in [7, 11) is 0. The number of aliphatic carboxylic acids is 1. The molecule has 6 heteroatoms. The van der Waals surface area contributed by atoms with Gasteiger partial charge in [-0.25, -0.2) is 0 Å². The van der Waals surface area contributed by atoms with Gasteiger partial charge in [0.25, 0.3) is 0 Å². The topological polar surface area (TPSA) is 82.5 Å². The fraction of sp³-hybridized carbons (Fsp3) is 0.588. The van der Waals surface area contributed by atoms with Gasteiger partial charge in [-0.15, -0.1) is 0 Å². The number of likely N-dealkylation sites (tertiary alicyclic amines) is 1. The zero-order valence-corrected chi connectivity index (χ0v) is 13.8. The van der Waals surface area contributed by atoms with Crippen LogP contribution >= 0.6 is 0 Å². The van der Waals surface area contributed by atoms with Crippen molar-refractivity contribution in [3.63, 3.8) is 0 Å². The lowest BCUT2D eigenvalue weighted by molar-refractivity contribution is -0.145. The van der Waals surface area contributed by atoms with Gasteiger partial charge in [-0.1, -0.05) is 13.3 Å². The summed E-state index contributed by atoms with van der Waals surface area (Å²) in [6.45, 7) is 5.99. The van der Waals surface area contributed by atoms with Crippen molar-refractivity contribution in [2.24, 2.45) is 11.8 Å². The molecule has 1 fully saturated rings. The van der Waals surface area contributed by atoms with E-state index in [2.05, 4.69) is 22.1 Å². The van der Waals surface area contributed by atoms with Crippen LogP contribution in [0.2, 0.25) is 0 Å². The van der Waals surface area contributed by atoms with Gasteiger partial charge < -0.3 is 15.3 Å². The van der Waals surface area contributed by atoms with E-state index >= 15 is 0 Å². The van der Waals surface area contributed by atoms with Crippen molar-refractivity contribution in [1.82, 2.24) is 9.88 Å². The highest BCUT2D eigenvalue weighted by atomic mass is 16.4. The number of amides is 1. The Balaban J connectivity index is 2.01. The minimum atomic E-state index is -0.819. The SMILES string of the molecule is CCCCN1C[C@@H](C(=O)O)C[C@H](C(=O)Nc2ccc(C)nc2)C1. The summed E-state index contributed by atoms with van der Waals surface area (Å²) in [6, 6.07) is 3.65. The maximum absolute atomic E-state index is 12.5. The van der Waals surface area contributed by atoms with Gasteiger partial charge >= 0.3 is 5.97 Å². The van der Waals surface area contributed by atoms with Crippen LogP contribution in [0.15, 0.2) is 18.3 Å². The van der Waals surface area contributed by atoms with Crippen LogP contribution in [0, 0.1) is 18.8 Å². The van der Waals surface area contributed by atoms with Crippen LogP contribution in [0.5, 0.6) is 0 Å². The monoisotopic (exact) mass is 319 g/mol. The highest BCUT2D eigenvalue weighted by molar-refractivity contribution is 5.93. The number of aryl methyl sites for hydroxylation is 1. The van der Waals surface area contributed by atoms with Crippen LogP contribution in [0.4, 0.5) is 5.69 Å². The van der Waals surface area contributed by atoms with E-state index in [0.717, 1.165) is 25.1 Å². The smallest absolute Gasteiger partial charge is 0.307 e. The Morgan fingerprint density at radius 3 is 2.70 bits per heavy atom. The molecule has 2 rings (SSSR count). The van der Waals surface area contributed by atoms with Crippen molar-refractivity contribution < 1.29 is 14.7 Å². The van der Waals surface area contributed by atoms with E-state index in [1.165, 1.54) is 0 Å². The third-order valence-corrected chi connectivity index (χ3v) is 4.25. The number of aromatic nitrogens is 1. The zero-order chi connectivity index (χ0) is 16.8. The summed E-state index contributed by atoms with van der Waals surface area (Å²) < 4.78 is 0. The minimum Gasteiger partial charge on any atom is -0.481 e. The first kappa shape index (κ1) is 17.4. The number of hydrogen-bond donors (Lipinski definition) is 2. The van der Waals surface area contributed by atoms with Crippen molar-refractivity contribution in [1.29, 1.82) is 0 Å². The van der Waals surface area contributed by atoms with Gasteiger partial charge in [0.1, 0.15) is 0 Å². The number of piperidine rings is 1. The van der Waals surface area contributed by atoms with Gasteiger partial charge in [-0.2, -0.15) is 0 Å². The highest BCUT2D eigenvalue weighted by Crippen LogP contribution is 2.24. The molecule has 1 amide bonds. The second-order valence-corrected chi connectivity index (χ2v) is 6.26. The van der Waals surface area contributed by atoms with Gasteiger partial charge in [-0.05, 0) is 38.4 Å². The molecule has 2 atom stereocenters. The van der Waals surface area contributed by atoms with Gasteiger partial charge in [-0.3, -0.25) is 14.6 Å². The Morgan fingerprint density at radius 1 is 1.35 bits per heavy atom. The summed E-state index contributed by atoms with van der Waals surface area (Å²) in [5.74, 6) is -1.72. The number of anilines is 1. The van der Waals surface area contributed by atoms with Crippen molar-refractivity contribution in [2.45, 2.75) is 33.1 Å². The number of carboxylic acid groups (broad SMARTS) is 1. The quantitative estimate of drug-likeness (QED) is 0.839. The first-order valence-electron chi connectivity index (χ1n) is 8.18. The zero-order valence-electron chi connectivity index (χ0n) is 13.8. The molecule has 1 saturated heterocycles. The second-order valence-electron chi connectivity index (χ2n) is 6.26. The van der Waals surface area contributed by atoms with E-state index in [1.54, 1.807) is 6.20 Å². The molecule has 2 N–H and O–H groups in total. The molecule has 0 spiro atoms. The average Bonchev–Trinajstić information content (AvgIpc) is 2.54. The molecule has 6 nitrogen and oxygen atoms in total. The molecular weight excluding hydrogens is 294 g/mol. The van der Waals surface area contributed by atoms with Crippen LogP contribution in [0.3, 0.4) is 0 Å². The third-order valence-electron chi connectivity index (χ3n) is 4.25. The van der Waals surface area contributed by atoms with Gasteiger partial charge in [0.2, 0.25) is 5.91 Å². The Morgan fingerprint density at radius 2 is 2.09 bits per heavy atom. The lowest BCUT2D eigenvalue weighted by Crippen LogP contribution is -2.47. The fourth-order valence-corrected chi connectivity index (χ4v) is 2.91. The molecule has 0 bridgehead atoms. The number of nitrogens with one attached hydrogen (secondary N) is 1. The predicted molar refractivity (Wildman–Crippen MR) is 88.2 cm³/mol. The molecule has 1 aromatic rings. The van der Waals surface area contributed by atoms with E-state index in [0.29, 0.717) is 25.2 Å². The molecule has 0 unspecified atom stereocenters. The maximum Gasteiger partial charge on any atom is 0.307 e. The van der Waals surface area contributed by atoms with Gasteiger partial charge in [0.05, 0.1) is 23.7 Å². The minimum absolute atomic E-state index is 0.122. The Bertz CT molecular complexity index is 545. The molecule has 2 heterocycles. The van der Waals surface area contributed by atoms with E-state index in [-0.39, 0.29) is 11.8 Å². The molecule has 0 saturated carbocycles. The Labute approximate surface area is 136 Å². The van der Waals surface area contributed by atoms with Gasteiger partial charge in [0, 0.05) is 18.8 Å². The molecule has 1 aromatic heterocycles. The number of carbonyl (C=O) groups is 2. The molecule has 1 aliphatic heterocycles. The lowest BCUT2D eigenvalue weighted by atomic mass is 9.88. The van der Waals surface area contributed by atoms with E-state index in [4.69, 9.17) is 0 Å². The number of hydrogen-bond acceptors (Lipinski definition) is 4. The number of nitrogens with zero attached hydrogens (tertiary/aromatic N) is 2. The van der Waals surface area contributed by atoms with Crippen molar-refractivity contribution in [3.8, 4) is 0 Å². The van der Waals surface area contributed by atoms with Crippen LogP contribution in [-0.4, -0.2) is 46.5 Å². The Kier molecular flexibility index (Phi) is 6.10.